The monoisotopic (exact) mass is 246 g/mol. The van der Waals surface area contributed by atoms with Crippen LogP contribution in [0.15, 0.2) is 29.4 Å². The molecule has 0 saturated carbocycles. The molecular weight excluding hydrogens is 237 g/mol. The first-order valence-electron chi connectivity index (χ1n) is 4.40. The third kappa shape index (κ3) is 4.11. The molecule has 0 aromatic heterocycles. The summed E-state index contributed by atoms with van der Waals surface area (Å²) in [7, 11) is 0. The SMILES string of the molecule is NNC(=O)NN=Cc1cccc(C(F)(F)F)c1. The van der Waals surface area contributed by atoms with E-state index in [1.165, 1.54) is 12.1 Å². The molecule has 0 unspecified atom stereocenters. The van der Waals surface area contributed by atoms with Crippen molar-refractivity contribution >= 4 is 12.2 Å². The van der Waals surface area contributed by atoms with Crippen LogP contribution in [0.2, 0.25) is 0 Å². The lowest BCUT2D eigenvalue weighted by Gasteiger charge is -2.06. The van der Waals surface area contributed by atoms with Crippen molar-refractivity contribution < 1.29 is 18.0 Å². The molecule has 0 spiro atoms. The van der Waals surface area contributed by atoms with Crippen LogP contribution in [0.3, 0.4) is 0 Å². The molecule has 1 aromatic carbocycles. The lowest BCUT2D eigenvalue weighted by Crippen LogP contribution is -2.37. The molecule has 0 aliphatic rings. The summed E-state index contributed by atoms with van der Waals surface area (Å²) in [6, 6.07) is 3.74. The van der Waals surface area contributed by atoms with Crippen LogP contribution in [0.25, 0.3) is 0 Å². The highest BCUT2D eigenvalue weighted by Gasteiger charge is 2.30. The van der Waals surface area contributed by atoms with E-state index in [1.807, 2.05) is 5.43 Å². The average molecular weight is 246 g/mol. The molecule has 1 rings (SSSR count). The van der Waals surface area contributed by atoms with Crippen molar-refractivity contribution in [3.8, 4) is 0 Å². The number of rotatable bonds is 2. The number of nitrogens with two attached hydrogens (primary N) is 1. The van der Waals surface area contributed by atoms with Crippen LogP contribution in [-0.2, 0) is 6.18 Å². The number of nitrogens with one attached hydrogen (secondary N) is 2. The second kappa shape index (κ2) is 5.30. The molecular formula is C9H9F3N4O. The Morgan fingerprint density at radius 2 is 2.12 bits per heavy atom. The second-order valence-corrected chi connectivity index (χ2v) is 2.97. The van der Waals surface area contributed by atoms with Gasteiger partial charge in [-0.3, -0.25) is 5.43 Å². The highest BCUT2D eigenvalue weighted by molar-refractivity contribution is 5.81. The van der Waals surface area contributed by atoms with Crippen LogP contribution in [0.5, 0.6) is 0 Å². The van der Waals surface area contributed by atoms with Crippen LogP contribution in [0.1, 0.15) is 11.1 Å². The predicted molar refractivity (Wildman–Crippen MR) is 54.9 cm³/mol. The Bertz CT molecular complexity index is 430. The molecule has 8 heteroatoms. The van der Waals surface area contributed by atoms with E-state index in [2.05, 4.69) is 5.10 Å². The van der Waals surface area contributed by atoms with E-state index in [-0.39, 0.29) is 5.56 Å². The van der Waals surface area contributed by atoms with E-state index in [0.29, 0.717) is 0 Å². The van der Waals surface area contributed by atoms with Gasteiger partial charge in [0.15, 0.2) is 0 Å². The van der Waals surface area contributed by atoms with Crippen LogP contribution in [-0.4, -0.2) is 12.2 Å². The summed E-state index contributed by atoms with van der Waals surface area (Å²) < 4.78 is 37.0. The third-order valence-corrected chi connectivity index (χ3v) is 1.72. The fraction of sp³-hybridized carbons (Fsp3) is 0.111. The minimum absolute atomic E-state index is 0.206. The molecule has 0 aliphatic heterocycles. The Morgan fingerprint density at radius 1 is 1.41 bits per heavy atom. The van der Waals surface area contributed by atoms with Gasteiger partial charge in [0, 0.05) is 0 Å². The van der Waals surface area contributed by atoms with Gasteiger partial charge in [-0.2, -0.15) is 18.3 Å². The number of hydrazone groups is 1. The predicted octanol–water partition coefficient (Wildman–Crippen LogP) is 1.21. The zero-order valence-electron chi connectivity index (χ0n) is 8.45. The maximum absolute atomic E-state index is 12.3. The maximum atomic E-state index is 12.3. The third-order valence-electron chi connectivity index (χ3n) is 1.72. The average Bonchev–Trinajstić information content (AvgIpc) is 2.28. The van der Waals surface area contributed by atoms with Gasteiger partial charge in [0.2, 0.25) is 0 Å². The Labute approximate surface area is 94.5 Å². The number of hydrogen-bond donors (Lipinski definition) is 3. The van der Waals surface area contributed by atoms with Crippen LogP contribution < -0.4 is 16.7 Å². The lowest BCUT2D eigenvalue weighted by atomic mass is 10.1. The Kier molecular flexibility index (Phi) is 4.05. The van der Waals surface area contributed by atoms with Crippen LogP contribution >= 0.6 is 0 Å². The largest absolute Gasteiger partial charge is 0.416 e. The van der Waals surface area contributed by atoms with Gasteiger partial charge in [-0.1, -0.05) is 12.1 Å². The summed E-state index contributed by atoms with van der Waals surface area (Å²) in [4.78, 5) is 10.6. The first-order chi connectivity index (χ1) is 7.93. The number of carbonyl (C=O) groups excluding carboxylic acids is 1. The van der Waals surface area contributed by atoms with Crippen molar-refractivity contribution in [1.82, 2.24) is 10.9 Å². The van der Waals surface area contributed by atoms with Gasteiger partial charge >= 0.3 is 12.2 Å². The Morgan fingerprint density at radius 3 is 2.71 bits per heavy atom. The van der Waals surface area contributed by atoms with E-state index in [9.17, 15) is 18.0 Å². The van der Waals surface area contributed by atoms with Gasteiger partial charge in [0.1, 0.15) is 0 Å². The smallest absolute Gasteiger partial charge is 0.274 e. The lowest BCUT2D eigenvalue weighted by molar-refractivity contribution is -0.137. The molecule has 0 atom stereocenters. The van der Waals surface area contributed by atoms with Gasteiger partial charge in [-0.25, -0.2) is 16.1 Å². The fourth-order valence-electron chi connectivity index (χ4n) is 0.993. The summed E-state index contributed by atoms with van der Waals surface area (Å²) in [5.41, 5.74) is 3.11. The molecule has 0 heterocycles. The molecule has 2 amide bonds. The van der Waals surface area contributed by atoms with Gasteiger partial charge < -0.3 is 0 Å². The van der Waals surface area contributed by atoms with E-state index in [0.717, 1.165) is 18.3 Å². The highest BCUT2D eigenvalue weighted by Crippen LogP contribution is 2.29. The Hall–Kier alpha value is -2.09. The number of urea groups is 1. The molecule has 4 N–H and O–H groups in total. The number of halogens is 3. The summed E-state index contributed by atoms with van der Waals surface area (Å²) in [5, 5.41) is 3.40. The van der Waals surface area contributed by atoms with Crippen molar-refractivity contribution in [3.05, 3.63) is 35.4 Å². The van der Waals surface area contributed by atoms with Gasteiger partial charge in [-0.15, -0.1) is 0 Å². The van der Waals surface area contributed by atoms with Gasteiger partial charge in [-0.05, 0) is 17.7 Å². The van der Waals surface area contributed by atoms with Crippen LogP contribution in [0, 0.1) is 0 Å². The first-order valence-corrected chi connectivity index (χ1v) is 4.40. The van der Waals surface area contributed by atoms with E-state index in [1.54, 1.807) is 5.43 Å². The molecule has 0 radical (unpaired) electrons. The topological polar surface area (TPSA) is 79.5 Å². The molecule has 92 valence electrons. The van der Waals surface area contributed by atoms with E-state index < -0.39 is 17.8 Å². The quantitative estimate of drug-likeness (QED) is 0.317. The maximum Gasteiger partial charge on any atom is 0.416 e. The van der Waals surface area contributed by atoms with E-state index >= 15 is 0 Å². The fourth-order valence-corrected chi connectivity index (χ4v) is 0.993. The molecule has 1 aromatic rings. The zero-order chi connectivity index (χ0) is 12.9. The minimum Gasteiger partial charge on any atom is -0.274 e. The summed E-state index contributed by atoms with van der Waals surface area (Å²) in [6.45, 7) is 0. The molecule has 0 bridgehead atoms. The molecule has 0 aliphatic carbocycles. The number of benzene rings is 1. The van der Waals surface area contributed by atoms with Crippen molar-refractivity contribution in [3.63, 3.8) is 0 Å². The van der Waals surface area contributed by atoms with Crippen LogP contribution in [0.4, 0.5) is 18.0 Å². The number of hydrazine groups is 1. The first kappa shape index (κ1) is 13.0. The summed E-state index contributed by atoms with van der Waals surface area (Å²) in [5.74, 6) is 4.75. The Balaban J connectivity index is 2.76. The van der Waals surface area contributed by atoms with Crippen molar-refractivity contribution in [2.45, 2.75) is 6.18 Å². The number of carbonyl (C=O) groups is 1. The van der Waals surface area contributed by atoms with Crippen molar-refractivity contribution in [2.24, 2.45) is 10.9 Å². The van der Waals surface area contributed by atoms with Gasteiger partial charge in [0.25, 0.3) is 0 Å². The molecule has 0 saturated heterocycles. The summed E-state index contributed by atoms with van der Waals surface area (Å²) in [6.07, 6.45) is -3.34. The normalized spacial score (nSPS) is 11.5. The molecule has 17 heavy (non-hydrogen) atoms. The molecule has 5 nitrogen and oxygen atoms in total. The number of nitrogens with zero attached hydrogens (tertiary/aromatic N) is 1. The van der Waals surface area contributed by atoms with Crippen molar-refractivity contribution in [2.75, 3.05) is 0 Å². The molecule has 0 fully saturated rings. The summed E-state index contributed by atoms with van der Waals surface area (Å²) >= 11 is 0. The number of hydrogen-bond acceptors (Lipinski definition) is 3. The number of amides is 2. The van der Waals surface area contributed by atoms with Gasteiger partial charge in [0.05, 0.1) is 11.8 Å². The number of alkyl halides is 3. The standard InChI is InChI=1S/C9H9F3N4O/c10-9(11,12)7-3-1-2-6(4-7)5-14-16-8(17)15-13/h1-5H,13H2,(H2,15,16,17). The zero-order valence-corrected chi connectivity index (χ0v) is 8.45. The highest BCUT2D eigenvalue weighted by atomic mass is 19.4. The minimum atomic E-state index is -4.41. The second-order valence-electron chi connectivity index (χ2n) is 2.97. The van der Waals surface area contributed by atoms with Crippen molar-refractivity contribution in [1.29, 1.82) is 0 Å². The van der Waals surface area contributed by atoms with E-state index in [4.69, 9.17) is 5.84 Å².